The third-order valence-electron chi connectivity index (χ3n) is 2.56. The number of hydrogen-bond donors (Lipinski definition) is 2. The van der Waals surface area contributed by atoms with Crippen molar-refractivity contribution in [2.45, 2.75) is 58.5 Å². The standard InChI is InChI=1S/C11H24O2.Ti/c1-3-5-7-10(9-12)11(13)8-6-4-2;/h10-13H,3-9H2,1-2H3;. The first kappa shape index (κ1) is 17.0. The summed E-state index contributed by atoms with van der Waals surface area (Å²) in [5.41, 5.74) is 0. The number of hydrogen-bond acceptors (Lipinski definition) is 2. The van der Waals surface area contributed by atoms with Gasteiger partial charge in [0.05, 0.1) is 6.10 Å². The van der Waals surface area contributed by atoms with Crippen LogP contribution in [0.1, 0.15) is 52.4 Å². The summed E-state index contributed by atoms with van der Waals surface area (Å²) in [4.78, 5) is 0. The molecule has 0 aliphatic heterocycles. The van der Waals surface area contributed by atoms with Gasteiger partial charge in [0.25, 0.3) is 0 Å². The maximum absolute atomic E-state index is 9.71. The molecule has 0 rings (SSSR count). The van der Waals surface area contributed by atoms with Crippen molar-refractivity contribution in [3.05, 3.63) is 0 Å². The second-order valence-electron chi connectivity index (χ2n) is 3.79. The zero-order chi connectivity index (χ0) is 10.1. The van der Waals surface area contributed by atoms with Gasteiger partial charge in [0.1, 0.15) is 0 Å². The molecule has 0 fully saturated rings. The van der Waals surface area contributed by atoms with Crippen LogP contribution >= 0.6 is 0 Å². The predicted molar refractivity (Wildman–Crippen MR) is 55.6 cm³/mol. The fraction of sp³-hybridized carbons (Fsp3) is 1.00. The topological polar surface area (TPSA) is 40.5 Å². The van der Waals surface area contributed by atoms with Crippen molar-refractivity contribution in [2.24, 2.45) is 5.92 Å². The second kappa shape index (κ2) is 11.7. The number of aliphatic hydroxyl groups excluding tert-OH is 2. The van der Waals surface area contributed by atoms with Gasteiger partial charge in [0, 0.05) is 34.2 Å². The van der Waals surface area contributed by atoms with Crippen LogP contribution in [0, 0.1) is 5.92 Å². The molecule has 0 aromatic carbocycles. The number of rotatable bonds is 8. The average Bonchev–Trinajstić information content (AvgIpc) is 2.16. The van der Waals surface area contributed by atoms with E-state index in [1.807, 2.05) is 0 Å². The van der Waals surface area contributed by atoms with E-state index in [0.29, 0.717) is 0 Å². The monoisotopic (exact) mass is 236 g/mol. The van der Waals surface area contributed by atoms with Crippen molar-refractivity contribution in [1.29, 1.82) is 0 Å². The fourth-order valence-electron chi connectivity index (χ4n) is 1.52. The van der Waals surface area contributed by atoms with Gasteiger partial charge in [-0.1, -0.05) is 39.5 Å². The van der Waals surface area contributed by atoms with E-state index in [2.05, 4.69) is 13.8 Å². The zero-order valence-electron chi connectivity index (χ0n) is 9.50. The van der Waals surface area contributed by atoms with Crippen LogP contribution in [0.5, 0.6) is 0 Å². The summed E-state index contributed by atoms with van der Waals surface area (Å²) in [6.07, 6.45) is 5.91. The quantitative estimate of drug-likeness (QED) is 0.635. The Kier molecular flexibility index (Phi) is 14.3. The molecule has 3 heteroatoms. The third-order valence-corrected chi connectivity index (χ3v) is 2.56. The van der Waals surface area contributed by atoms with Crippen molar-refractivity contribution >= 4 is 0 Å². The first-order valence-corrected chi connectivity index (χ1v) is 5.55. The van der Waals surface area contributed by atoms with Crippen molar-refractivity contribution in [3.63, 3.8) is 0 Å². The molecule has 2 unspecified atom stereocenters. The zero-order valence-corrected chi connectivity index (χ0v) is 11.1. The average molecular weight is 236 g/mol. The van der Waals surface area contributed by atoms with Crippen LogP contribution in [-0.4, -0.2) is 22.9 Å². The van der Waals surface area contributed by atoms with Gasteiger partial charge in [-0.2, -0.15) is 0 Å². The summed E-state index contributed by atoms with van der Waals surface area (Å²) >= 11 is 0. The van der Waals surface area contributed by atoms with E-state index in [9.17, 15) is 5.11 Å². The Hall–Kier alpha value is 0.634. The predicted octanol–water partition coefficient (Wildman–Crippen LogP) is 2.33. The minimum Gasteiger partial charge on any atom is -0.396 e. The molecule has 14 heavy (non-hydrogen) atoms. The summed E-state index contributed by atoms with van der Waals surface area (Å²) in [5.74, 6) is 0.103. The first-order valence-electron chi connectivity index (χ1n) is 5.55. The van der Waals surface area contributed by atoms with E-state index in [1.54, 1.807) is 0 Å². The van der Waals surface area contributed by atoms with Gasteiger partial charge < -0.3 is 10.2 Å². The maximum atomic E-state index is 9.71. The molecule has 2 nitrogen and oxygen atoms in total. The number of aliphatic hydroxyl groups is 2. The SMILES string of the molecule is CCCCC(O)C(CO)CCCC.[Ti]. The van der Waals surface area contributed by atoms with Crippen LogP contribution in [0.15, 0.2) is 0 Å². The molecular formula is C11H24O2Ti. The smallest absolute Gasteiger partial charge is 0.0590 e. The van der Waals surface area contributed by atoms with Gasteiger partial charge in [-0.3, -0.25) is 0 Å². The van der Waals surface area contributed by atoms with Crippen LogP contribution < -0.4 is 0 Å². The van der Waals surface area contributed by atoms with E-state index in [4.69, 9.17) is 5.11 Å². The molecule has 0 bridgehead atoms. The Labute approximate surface area is 103 Å². The molecule has 2 atom stereocenters. The molecule has 0 saturated heterocycles. The van der Waals surface area contributed by atoms with E-state index in [0.717, 1.165) is 38.5 Å². The summed E-state index contributed by atoms with van der Waals surface area (Å²) < 4.78 is 0. The summed E-state index contributed by atoms with van der Waals surface area (Å²) in [6, 6.07) is 0. The molecule has 0 spiro atoms. The van der Waals surface area contributed by atoms with E-state index in [-0.39, 0.29) is 40.3 Å². The molecule has 0 aromatic heterocycles. The molecule has 0 radical (unpaired) electrons. The molecule has 0 aliphatic rings. The molecule has 0 heterocycles. The normalized spacial score (nSPS) is 14.6. The van der Waals surface area contributed by atoms with Gasteiger partial charge in [0.2, 0.25) is 0 Å². The van der Waals surface area contributed by atoms with E-state index >= 15 is 0 Å². The summed E-state index contributed by atoms with van der Waals surface area (Å²) in [7, 11) is 0. The van der Waals surface area contributed by atoms with Gasteiger partial charge >= 0.3 is 0 Å². The Morgan fingerprint density at radius 2 is 1.50 bits per heavy atom. The van der Waals surface area contributed by atoms with Crippen LogP contribution in [0.25, 0.3) is 0 Å². The first-order chi connectivity index (χ1) is 6.26. The Bertz CT molecular complexity index is 109. The minimum absolute atomic E-state index is 0. The molecule has 0 saturated carbocycles. The van der Waals surface area contributed by atoms with Gasteiger partial charge in [-0.05, 0) is 12.8 Å². The fourth-order valence-corrected chi connectivity index (χ4v) is 1.52. The largest absolute Gasteiger partial charge is 0.396 e. The Morgan fingerprint density at radius 3 is 1.93 bits per heavy atom. The van der Waals surface area contributed by atoms with Crippen LogP contribution in [0.2, 0.25) is 0 Å². The molecule has 0 aromatic rings. The molecular weight excluding hydrogens is 212 g/mol. The third kappa shape index (κ3) is 7.99. The summed E-state index contributed by atoms with van der Waals surface area (Å²) in [6.45, 7) is 4.38. The van der Waals surface area contributed by atoms with Crippen LogP contribution in [-0.2, 0) is 21.7 Å². The van der Waals surface area contributed by atoms with Gasteiger partial charge in [0.15, 0.2) is 0 Å². The van der Waals surface area contributed by atoms with E-state index in [1.165, 1.54) is 0 Å². The summed E-state index contributed by atoms with van der Waals surface area (Å²) in [5, 5.41) is 18.8. The van der Waals surface area contributed by atoms with Gasteiger partial charge in [-0.25, -0.2) is 0 Å². The second-order valence-corrected chi connectivity index (χ2v) is 3.79. The van der Waals surface area contributed by atoms with Crippen LogP contribution in [0.3, 0.4) is 0 Å². The van der Waals surface area contributed by atoms with Crippen molar-refractivity contribution in [1.82, 2.24) is 0 Å². The van der Waals surface area contributed by atoms with Crippen molar-refractivity contribution < 1.29 is 31.9 Å². The molecule has 84 valence electrons. The molecule has 0 amide bonds. The number of unbranched alkanes of at least 4 members (excludes halogenated alkanes) is 2. The van der Waals surface area contributed by atoms with Crippen LogP contribution in [0.4, 0.5) is 0 Å². The Balaban J connectivity index is 0. The van der Waals surface area contributed by atoms with Crippen molar-refractivity contribution in [3.8, 4) is 0 Å². The maximum Gasteiger partial charge on any atom is 0.0590 e. The molecule has 0 aliphatic carbocycles. The van der Waals surface area contributed by atoms with Crippen molar-refractivity contribution in [2.75, 3.05) is 6.61 Å². The molecule has 2 N–H and O–H groups in total. The minimum atomic E-state index is -0.295. The Morgan fingerprint density at radius 1 is 1.00 bits per heavy atom. The van der Waals surface area contributed by atoms with Gasteiger partial charge in [-0.15, -0.1) is 0 Å². The van der Waals surface area contributed by atoms with E-state index < -0.39 is 0 Å².